The molecular formula is C22H24. The van der Waals surface area contributed by atoms with E-state index in [-0.39, 0.29) is 0 Å². The van der Waals surface area contributed by atoms with Crippen LogP contribution in [0.25, 0.3) is 0 Å². The zero-order valence-electron chi connectivity index (χ0n) is 13.5. The summed E-state index contributed by atoms with van der Waals surface area (Å²) >= 11 is 0. The summed E-state index contributed by atoms with van der Waals surface area (Å²) in [7, 11) is 0. The van der Waals surface area contributed by atoms with Crippen LogP contribution in [0.4, 0.5) is 0 Å². The fourth-order valence-electron chi connectivity index (χ4n) is 5.93. The highest BCUT2D eigenvalue weighted by atomic mass is 14.6. The van der Waals surface area contributed by atoms with Crippen LogP contribution in [0.5, 0.6) is 0 Å². The number of hydrogen-bond acceptors (Lipinski definition) is 0. The van der Waals surface area contributed by atoms with E-state index in [0.29, 0.717) is 5.92 Å². The van der Waals surface area contributed by atoms with Gasteiger partial charge in [0.1, 0.15) is 0 Å². The Bertz CT molecular complexity index is 719. The van der Waals surface area contributed by atoms with Gasteiger partial charge in [0.25, 0.3) is 0 Å². The molecule has 22 heavy (non-hydrogen) atoms. The van der Waals surface area contributed by atoms with Gasteiger partial charge in [-0.15, -0.1) is 0 Å². The van der Waals surface area contributed by atoms with Crippen molar-refractivity contribution in [2.24, 2.45) is 29.6 Å². The molecular weight excluding hydrogens is 264 g/mol. The van der Waals surface area contributed by atoms with Crippen molar-refractivity contribution in [3.63, 3.8) is 0 Å². The molecule has 5 rings (SSSR count). The monoisotopic (exact) mass is 288 g/mol. The van der Waals surface area contributed by atoms with E-state index in [1.807, 2.05) is 0 Å². The van der Waals surface area contributed by atoms with Crippen LogP contribution >= 0.6 is 0 Å². The largest absolute Gasteiger partial charge is 0.0651 e. The summed E-state index contributed by atoms with van der Waals surface area (Å²) < 4.78 is 0. The highest BCUT2D eigenvalue weighted by Gasteiger charge is 2.52. The molecule has 0 aromatic rings. The highest BCUT2D eigenvalue weighted by Crippen LogP contribution is 2.62. The van der Waals surface area contributed by atoms with Gasteiger partial charge < -0.3 is 0 Å². The maximum absolute atomic E-state index is 2.47. The fourth-order valence-corrected chi connectivity index (χ4v) is 5.93. The average Bonchev–Trinajstić information content (AvgIpc) is 3.09. The maximum atomic E-state index is 2.47. The summed E-state index contributed by atoms with van der Waals surface area (Å²) in [6.45, 7) is 4.79. The van der Waals surface area contributed by atoms with Crippen LogP contribution in [-0.2, 0) is 0 Å². The molecule has 0 radical (unpaired) electrons. The van der Waals surface area contributed by atoms with Crippen LogP contribution in [0.2, 0.25) is 0 Å². The molecule has 0 heteroatoms. The van der Waals surface area contributed by atoms with Gasteiger partial charge in [-0.05, 0) is 58.0 Å². The van der Waals surface area contributed by atoms with Gasteiger partial charge in [0, 0.05) is 5.92 Å². The van der Waals surface area contributed by atoms with Gasteiger partial charge in [0.05, 0.1) is 0 Å². The zero-order valence-corrected chi connectivity index (χ0v) is 13.5. The van der Waals surface area contributed by atoms with Gasteiger partial charge in [-0.25, -0.2) is 0 Å². The van der Waals surface area contributed by atoms with E-state index in [1.54, 1.807) is 16.7 Å². The van der Waals surface area contributed by atoms with Crippen molar-refractivity contribution in [2.75, 3.05) is 0 Å². The second-order valence-electron chi connectivity index (χ2n) is 7.57. The molecule has 1 saturated carbocycles. The van der Waals surface area contributed by atoms with Gasteiger partial charge in [-0.2, -0.15) is 0 Å². The van der Waals surface area contributed by atoms with Crippen LogP contribution in [0, 0.1) is 29.6 Å². The molecule has 0 N–H and O–H groups in total. The van der Waals surface area contributed by atoms with E-state index < -0.39 is 0 Å². The second-order valence-corrected chi connectivity index (χ2v) is 7.57. The van der Waals surface area contributed by atoms with Crippen LogP contribution < -0.4 is 0 Å². The minimum Gasteiger partial charge on any atom is -0.0651 e. The Kier molecular flexibility index (Phi) is 2.63. The van der Waals surface area contributed by atoms with Crippen LogP contribution in [-0.4, -0.2) is 0 Å². The molecule has 5 aliphatic rings. The third-order valence-electron chi connectivity index (χ3n) is 6.84. The molecule has 0 aliphatic heterocycles. The van der Waals surface area contributed by atoms with E-state index in [4.69, 9.17) is 0 Å². The van der Waals surface area contributed by atoms with Crippen molar-refractivity contribution < 1.29 is 0 Å². The minimum absolute atomic E-state index is 0.547. The van der Waals surface area contributed by atoms with E-state index >= 15 is 0 Å². The van der Waals surface area contributed by atoms with Crippen LogP contribution in [0.1, 0.15) is 33.1 Å². The summed E-state index contributed by atoms with van der Waals surface area (Å²) in [6, 6.07) is 0. The molecule has 0 aromatic carbocycles. The summed E-state index contributed by atoms with van der Waals surface area (Å²) in [5.41, 5.74) is 8.09. The smallest absolute Gasteiger partial charge is 0.0345 e. The van der Waals surface area contributed by atoms with Crippen molar-refractivity contribution in [1.82, 2.24) is 0 Å². The Labute approximate surface area is 133 Å². The molecule has 0 amide bonds. The van der Waals surface area contributed by atoms with Crippen molar-refractivity contribution in [3.8, 4) is 0 Å². The quantitative estimate of drug-likeness (QED) is 0.626. The van der Waals surface area contributed by atoms with Gasteiger partial charge in [0.15, 0.2) is 0 Å². The third kappa shape index (κ3) is 1.44. The first-order valence-electron chi connectivity index (χ1n) is 9.06. The Balaban J connectivity index is 1.72. The SMILES string of the molecule is CCC1CC(CC)C2C3=C4C(=CC=C5C=CC=C(C=C3)C54)C12. The molecule has 0 aromatic heterocycles. The number of fused-ring (bicyclic) bond motifs is 3. The Hall–Kier alpha value is -1.56. The van der Waals surface area contributed by atoms with E-state index in [1.165, 1.54) is 30.4 Å². The maximum Gasteiger partial charge on any atom is 0.0345 e. The molecule has 5 aliphatic carbocycles. The lowest BCUT2D eigenvalue weighted by molar-refractivity contribution is 0.388. The number of hydrogen-bond donors (Lipinski definition) is 0. The van der Waals surface area contributed by atoms with Crippen LogP contribution in [0.3, 0.4) is 0 Å². The molecule has 5 atom stereocenters. The van der Waals surface area contributed by atoms with Crippen molar-refractivity contribution in [1.29, 1.82) is 0 Å². The molecule has 0 nitrogen and oxygen atoms in total. The van der Waals surface area contributed by atoms with Crippen molar-refractivity contribution in [2.45, 2.75) is 33.1 Å². The first-order valence-corrected chi connectivity index (χ1v) is 9.06. The third-order valence-corrected chi connectivity index (χ3v) is 6.84. The first-order chi connectivity index (χ1) is 10.8. The van der Waals surface area contributed by atoms with Crippen molar-refractivity contribution >= 4 is 0 Å². The molecule has 5 unspecified atom stereocenters. The van der Waals surface area contributed by atoms with E-state index in [0.717, 1.165) is 23.7 Å². The lowest BCUT2D eigenvalue weighted by Gasteiger charge is -2.32. The molecule has 112 valence electrons. The lowest BCUT2D eigenvalue weighted by atomic mass is 9.71. The summed E-state index contributed by atoms with van der Waals surface area (Å²) in [4.78, 5) is 0. The van der Waals surface area contributed by atoms with Gasteiger partial charge in [-0.1, -0.05) is 69.2 Å². The number of allylic oxidation sites excluding steroid dienone is 12. The van der Waals surface area contributed by atoms with Gasteiger partial charge in [0.2, 0.25) is 0 Å². The first kappa shape index (κ1) is 12.9. The second kappa shape index (κ2) is 4.47. The lowest BCUT2D eigenvalue weighted by Crippen LogP contribution is -2.19. The van der Waals surface area contributed by atoms with Gasteiger partial charge in [-0.3, -0.25) is 0 Å². The number of rotatable bonds is 2. The van der Waals surface area contributed by atoms with Gasteiger partial charge >= 0.3 is 0 Å². The highest BCUT2D eigenvalue weighted by molar-refractivity contribution is 5.67. The van der Waals surface area contributed by atoms with Crippen LogP contribution in [0.15, 0.2) is 70.4 Å². The zero-order chi connectivity index (χ0) is 14.8. The summed E-state index contributed by atoms with van der Waals surface area (Å²) in [5, 5.41) is 0. The standard InChI is InChI=1S/C22H24/c1-3-13-12-14(4-2)21-18-11-9-16-7-5-6-15-8-10-17(20(13)21)22(18)19(15)16/h5-11,13-14,19-21H,3-4,12H2,1-2H3. The van der Waals surface area contributed by atoms with E-state index in [2.05, 4.69) is 56.4 Å². The predicted molar refractivity (Wildman–Crippen MR) is 92.2 cm³/mol. The Morgan fingerprint density at radius 3 is 2.45 bits per heavy atom. The molecule has 0 heterocycles. The Morgan fingerprint density at radius 1 is 0.864 bits per heavy atom. The van der Waals surface area contributed by atoms with Crippen molar-refractivity contribution in [3.05, 3.63) is 70.4 Å². The summed E-state index contributed by atoms with van der Waals surface area (Å²) in [6.07, 6.45) is 20.7. The van der Waals surface area contributed by atoms with E-state index in [9.17, 15) is 0 Å². The fraction of sp³-hybridized carbons (Fsp3) is 0.455. The molecule has 0 saturated heterocycles. The molecule has 0 spiro atoms. The topological polar surface area (TPSA) is 0 Å². The molecule has 1 fully saturated rings. The normalized spacial score (nSPS) is 40.3. The minimum atomic E-state index is 0.547. The molecule has 0 bridgehead atoms. The summed E-state index contributed by atoms with van der Waals surface area (Å²) in [5.74, 6) is 3.93. The average molecular weight is 288 g/mol. The Morgan fingerprint density at radius 2 is 1.64 bits per heavy atom. The predicted octanol–water partition coefficient (Wildman–Crippen LogP) is 5.53.